The number of aromatic nitrogens is 5. The van der Waals surface area contributed by atoms with Crippen molar-refractivity contribution in [2.75, 3.05) is 18.0 Å². The summed E-state index contributed by atoms with van der Waals surface area (Å²) in [5.74, 6) is 2.65. The molecule has 1 aliphatic heterocycles. The monoisotopic (exact) mass is 424 g/mol. The molecule has 5 rings (SSSR count). The predicted molar refractivity (Wildman–Crippen MR) is 115 cm³/mol. The van der Waals surface area contributed by atoms with Crippen molar-refractivity contribution in [3.63, 3.8) is 0 Å². The number of anilines is 1. The van der Waals surface area contributed by atoms with Crippen LogP contribution < -0.4 is 4.90 Å². The van der Waals surface area contributed by atoms with Gasteiger partial charge in [0.2, 0.25) is 17.7 Å². The van der Waals surface area contributed by atoms with E-state index in [1.54, 1.807) is 23.1 Å². The van der Waals surface area contributed by atoms with Crippen LogP contribution in [0.2, 0.25) is 0 Å². The maximum absolute atomic E-state index is 5.43. The highest BCUT2D eigenvalue weighted by molar-refractivity contribution is 7.98. The highest BCUT2D eigenvalue weighted by Gasteiger charge is 2.23. The summed E-state index contributed by atoms with van der Waals surface area (Å²) < 4.78 is 7.56. The molecule has 4 aromatic rings. The minimum atomic E-state index is 0.543. The first-order valence-corrected chi connectivity index (χ1v) is 11.5. The van der Waals surface area contributed by atoms with Crippen LogP contribution in [-0.2, 0) is 5.75 Å². The number of benzene rings is 1. The molecule has 1 fully saturated rings. The van der Waals surface area contributed by atoms with Crippen LogP contribution in [0.15, 0.2) is 50.8 Å². The fourth-order valence-electron chi connectivity index (χ4n) is 3.35. The van der Waals surface area contributed by atoms with Gasteiger partial charge in [0, 0.05) is 24.0 Å². The Hall–Kier alpha value is -2.65. The van der Waals surface area contributed by atoms with E-state index in [1.165, 1.54) is 18.4 Å². The number of hydrogen-bond acceptors (Lipinski definition) is 8. The lowest BCUT2D eigenvalue weighted by Crippen LogP contribution is -2.22. The summed E-state index contributed by atoms with van der Waals surface area (Å²) in [4.78, 5) is 6.81. The zero-order valence-corrected chi connectivity index (χ0v) is 17.6. The maximum atomic E-state index is 5.43. The molecule has 148 valence electrons. The van der Waals surface area contributed by atoms with Gasteiger partial charge in [0.1, 0.15) is 0 Å². The molecule has 9 heteroatoms. The second kappa shape index (κ2) is 8.00. The molecule has 1 aromatic carbocycles. The Kier molecular flexibility index (Phi) is 5.07. The van der Waals surface area contributed by atoms with Crippen molar-refractivity contribution in [1.82, 2.24) is 24.9 Å². The molecule has 0 radical (unpaired) electrons. The third kappa shape index (κ3) is 3.79. The lowest BCUT2D eigenvalue weighted by molar-refractivity contribution is 0.391. The van der Waals surface area contributed by atoms with Crippen molar-refractivity contribution in [3.8, 4) is 17.1 Å². The number of hydrogen-bond donors (Lipinski definition) is 0. The Balaban J connectivity index is 1.41. The first kappa shape index (κ1) is 18.4. The third-order valence-electron chi connectivity index (χ3n) is 4.87. The average molecular weight is 425 g/mol. The summed E-state index contributed by atoms with van der Waals surface area (Å²) in [6, 6.07) is 10.4. The number of aryl methyl sites for hydroxylation is 1. The summed E-state index contributed by atoms with van der Waals surface area (Å²) in [5, 5.41) is 17.9. The number of thiophene rings is 1. The van der Waals surface area contributed by atoms with E-state index in [4.69, 9.17) is 4.52 Å². The van der Waals surface area contributed by atoms with Gasteiger partial charge >= 0.3 is 0 Å². The van der Waals surface area contributed by atoms with Crippen LogP contribution in [0.1, 0.15) is 24.3 Å². The van der Waals surface area contributed by atoms with Gasteiger partial charge in [0.25, 0.3) is 0 Å². The lowest BCUT2D eigenvalue weighted by Gasteiger charge is -2.18. The summed E-state index contributed by atoms with van der Waals surface area (Å²) in [7, 11) is 0. The molecule has 0 spiro atoms. The maximum Gasteiger partial charge on any atom is 0.237 e. The van der Waals surface area contributed by atoms with Gasteiger partial charge in [-0.05, 0) is 43.3 Å². The van der Waals surface area contributed by atoms with Crippen molar-refractivity contribution in [1.29, 1.82) is 0 Å². The van der Waals surface area contributed by atoms with Gasteiger partial charge in [-0.15, -0.1) is 10.2 Å². The molecule has 0 bridgehead atoms. The lowest BCUT2D eigenvalue weighted by atomic mass is 10.2. The average Bonchev–Trinajstić information content (AvgIpc) is 3.54. The SMILES string of the molecule is Cc1ccc(-n2c(SCc3nc(-c4ccsc4)no3)nnc2N2CCCC2)cc1. The minimum absolute atomic E-state index is 0.543. The molecule has 0 amide bonds. The molecule has 1 saturated heterocycles. The van der Waals surface area contributed by atoms with Crippen LogP contribution in [0.4, 0.5) is 5.95 Å². The minimum Gasteiger partial charge on any atom is -0.341 e. The van der Waals surface area contributed by atoms with Crippen molar-refractivity contribution < 1.29 is 4.52 Å². The third-order valence-corrected chi connectivity index (χ3v) is 6.47. The predicted octanol–water partition coefficient (Wildman–Crippen LogP) is 4.58. The van der Waals surface area contributed by atoms with Crippen molar-refractivity contribution in [3.05, 3.63) is 52.5 Å². The second-order valence-electron chi connectivity index (χ2n) is 6.96. The standard InChI is InChI=1S/C20H20N6OS2/c1-14-4-6-16(7-5-14)26-19(25-9-2-3-10-25)22-23-20(26)29-13-17-21-18(24-27-17)15-8-11-28-12-15/h4-8,11-12H,2-3,9-10,13H2,1H3. The number of nitrogens with zero attached hydrogens (tertiary/aromatic N) is 6. The van der Waals surface area contributed by atoms with Crippen LogP contribution in [-0.4, -0.2) is 38.0 Å². The zero-order valence-electron chi connectivity index (χ0n) is 16.0. The van der Waals surface area contributed by atoms with Gasteiger partial charge in [-0.1, -0.05) is 34.6 Å². The molecule has 7 nitrogen and oxygen atoms in total. The summed E-state index contributed by atoms with van der Waals surface area (Å²) in [6.45, 7) is 4.12. The molecule has 4 heterocycles. The van der Waals surface area contributed by atoms with E-state index in [0.29, 0.717) is 17.5 Å². The molecule has 0 atom stereocenters. The van der Waals surface area contributed by atoms with Gasteiger partial charge in [0.15, 0.2) is 5.16 Å². The van der Waals surface area contributed by atoms with Crippen LogP contribution in [0.5, 0.6) is 0 Å². The smallest absolute Gasteiger partial charge is 0.237 e. The topological polar surface area (TPSA) is 72.9 Å². The van der Waals surface area contributed by atoms with Gasteiger partial charge < -0.3 is 9.42 Å². The highest BCUT2D eigenvalue weighted by atomic mass is 32.2. The summed E-state index contributed by atoms with van der Waals surface area (Å²) in [5.41, 5.74) is 3.27. The van der Waals surface area contributed by atoms with Crippen LogP contribution in [0.25, 0.3) is 17.1 Å². The zero-order chi connectivity index (χ0) is 19.6. The van der Waals surface area contributed by atoms with Gasteiger partial charge in [-0.3, -0.25) is 4.57 Å². The van der Waals surface area contributed by atoms with E-state index in [2.05, 4.69) is 61.0 Å². The Morgan fingerprint density at radius 3 is 2.69 bits per heavy atom. The number of rotatable bonds is 6. The molecule has 0 saturated carbocycles. The molecule has 1 aliphatic rings. The summed E-state index contributed by atoms with van der Waals surface area (Å²) in [6.07, 6.45) is 2.38. The Bertz CT molecular complexity index is 1080. The molecular formula is C20H20N6OS2. The molecule has 0 aliphatic carbocycles. The van der Waals surface area contributed by atoms with E-state index >= 15 is 0 Å². The summed E-state index contributed by atoms with van der Waals surface area (Å²) >= 11 is 3.17. The molecule has 3 aromatic heterocycles. The highest BCUT2D eigenvalue weighted by Crippen LogP contribution is 2.30. The quantitative estimate of drug-likeness (QED) is 0.420. The molecular weight excluding hydrogens is 404 g/mol. The van der Waals surface area contributed by atoms with E-state index < -0.39 is 0 Å². The number of thioether (sulfide) groups is 1. The van der Waals surface area contributed by atoms with Crippen LogP contribution in [0, 0.1) is 6.92 Å². The van der Waals surface area contributed by atoms with Crippen molar-refractivity contribution >= 4 is 29.0 Å². The van der Waals surface area contributed by atoms with Gasteiger partial charge in [0.05, 0.1) is 11.4 Å². The first-order valence-electron chi connectivity index (χ1n) is 9.53. The van der Waals surface area contributed by atoms with Crippen LogP contribution >= 0.6 is 23.1 Å². The van der Waals surface area contributed by atoms with Gasteiger partial charge in [-0.2, -0.15) is 16.3 Å². The molecule has 0 N–H and O–H groups in total. The molecule has 0 unspecified atom stereocenters. The Morgan fingerprint density at radius 2 is 1.93 bits per heavy atom. The fourth-order valence-corrected chi connectivity index (χ4v) is 4.77. The second-order valence-corrected chi connectivity index (χ2v) is 8.68. The van der Waals surface area contributed by atoms with E-state index in [0.717, 1.165) is 35.4 Å². The normalized spacial score (nSPS) is 14.0. The Morgan fingerprint density at radius 1 is 1.10 bits per heavy atom. The first-order chi connectivity index (χ1) is 14.3. The largest absolute Gasteiger partial charge is 0.341 e. The fraction of sp³-hybridized carbons (Fsp3) is 0.300. The van der Waals surface area contributed by atoms with E-state index in [1.807, 2.05) is 16.8 Å². The van der Waals surface area contributed by atoms with E-state index in [9.17, 15) is 0 Å². The van der Waals surface area contributed by atoms with E-state index in [-0.39, 0.29) is 0 Å². The van der Waals surface area contributed by atoms with Crippen molar-refractivity contribution in [2.24, 2.45) is 0 Å². The van der Waals surface area contributed by atoms with Gasteiger partial charge in [-0.25, -0.2) is 0 Å². The Labute approximate surface area is 176 Å². The van der Waals surface area contributed by atoms with Crippen molar-refractivity contribution in [2.45, 2.75) is 30.7 Å². The molecule has 29 heavy (non-hydrogen) atoms. The van der Waals surface area contributed by atoms with Crippen LogP contribution in [0.3, 0.4) is 0 Å².